The Morgan fingerprint density at radius 1 is 1.33 bits per heavy atom. The van der Waals surface area contributed by atoms with Crippen molar-refractivity contribution in [3.8, 4) is 0 Å². The van der Waals surface area contributed by atoms with E-state index in [-0.39, 0.29) is 0 Å². The molecule has 1 N–H and O–H groups in total. The highest BCUT2D eigenvalue weighted by Gasteiger charge is 2.03. The van der Waals surface area contributed by atoms with Crippen LogP contribution in [0.3, 0.4) is 0 Å². The van der Waals surface area contributed by atoms with Crippen LogP contribution in [0.25, 0.3) is 0 Å². The number of anilines is 1. The van der Waals surface area contributed by atoms with E-state index in [9.17, 15) is 0 Å². The van der Waals surface area contributed by atoms with Gasteiger partial charge < -0.3 is 5.32 Å². The van der Waals surface area contributed by atoms with Crippen molar-refractivity contribution in [2.24, 2.45) is 0 Å². The van der Waals surface area contributed by atoms with Crippen molar-refractivity contribution in [3.63, 3.8) is 0 Å². The average molecular weight is 363 g/mol. The van der Waals surface area contributed by atoms with E-state index in [4.69, 9.17) is 0 Å². The number of aryl methyl sites for hydroxylation is 1. The Labute approximate surface area is 136 Å². The molecule has 6 heteroatoms. The average Bonchev–Trinajstić information content (AvgIpc) is 3.08. The number of halogens is 1. The highest BCUT2D eigenvalue weighted by atomic mass is 79.9. The Morgan fingerprint density at radius 2 is 2.24 bits per heavy atom. The summed E-state index contributed by atoms with van der Waals surface area (Å²) in [4.78, 5) is 6.59. The molecule has 108 valence electrons. The Hall–Kier alpha value is -1.66. The van der Waals surface area contributed by atoms with Crippen LogP contribution in [0.4, 0.5) is 5.69 Å². The summed E-state index contributed by atoms with van der Waals surface area (Å²) in [6, 6.07) is 10.6. The van der Waals surface area contributed by atoms with E-state index in [1.807, 2.05) is 16.0 Å². The molecule has 0 aliphatic carbocycles. The zero-order valence-corrected chi connectivity index (χ0v) is 14.0. The van der Waals surface area contributed by atoms with Gasteiger partial charge in [0.1, 0.15) is 12.7 Å². The third-order valence-electron chi connectivity index (χ3n) is 3.11. The lowest BCUT2D eigenvalue weighted by Crippen LogP contribution is -2.02. The molecule has 0 atom stereocenters. The third kappa shape index (κ3) is 3.71. The van der Waals surface area contributed by atoms with Crippen LogP contribution in [0, 0.1) is 6.92 Å². The number of nitrogens with one attached hydrogen (secondary N) is 1. The summed E-state index contributed by atoms with van der Waals surface area (Å²) >= 11 is 5.36. The summed E-state index contributed by atoms with van der Waals surface area (Å²) < 4.78 is 3.00. The second-order valence-corrected chi connectivity index (χ2v) is 6.96. The SMILES string of the molecule is Cc1sc(CNc2cccc(Cn3cncn3)c2)cc1Br. The first kappa shape index (κ1) is 14.3. The van der Waals surface area contributed by atoms with Gasteiger partial charge in [-0.15, -0.1) is 11.3 Å². The van der Waals surface area contributed by atoms with Gasteiger partial charge in [0, 0.05) is 26.5 Å². The normalized spacial score (nSPS) is 10.8. The summed E-state index contributed by atoms with van der Waals surface area (Å²) in [5.74, 6) is 0. The molecular formula is C15H15BrN4S. The number of thiophene rings is 1. The fourth-order valence-corrected chi connectivity index (χ4v) is 3.62. The second kappa shape index (κ2) is 6.41. The molecule has 2 heterocycles. The van der Waals surface area contributed by atoms with Gasteiger partial charge in [0.05, 0.1) is 6.54 Å². The maximum absolute atomic E-state index is 4.13. The Balaban J connectivity index is 1.65. The van der Waals surface area contributed by atoms with Gasteiger partial charge in [0.15, 0.2) is 0 Å². The fourth-order valence-electron chi connectivity index (χ4n) is 2.08. The maximum atomic E-state index is 4.13. The van der Waals surface area contributed by atoms with Gasteiger partial charge in [-0.05, 0) is 46.6 Å². The second-order valence-electron chi connectivity index (χ2n) is 4.76. The Bertz CT molecular complexity index is 702. The molecule has 2 aromatic heterocycles. The number of benzene rings is 1. The zero-order chi connectivity index (χ0) is 14.7. The first-order valence-corrected chi connectivity index (χ1v) is 8.22. The van der Waals surface area contributed by atoms with Gasteiger partial charge in [-0.25, -0.2) is 9.67 Å². The highest BCUT2D eigenvalue weighted by Crippen LogP contribution is 2.27. The number of hydrogen-bond acceptors (Lipinski definition) is 4. The first-order chi connectivity index (χ1) is 10.2. The van der Waals surface area contributed by atoms with E-state index in [2.05, 4.69) is 68.6 Å². The molecule has 0 saturated carbocycles. The van der Waals surface area contributed by atoms with E-state index in [1.54, 1.807) is 12.7 Å². The molecule has 0 unspecified atom stereocenters. The van der Waals surface area contributed by atoms with Crippen molar-refractivity contribution in [2.75, 3.05) is 5.32 Å². The minimum absolute atomic E-state index is 0.735. The monoisotopic (exact) mass is 362 g/mol. The van der Waals surface area contributed by atoms with E-state index >= 15 is 0 Å². The highest BCUT2D eigenvalue weighted by molar-refractivity contribution is 9.10. The molecule has 21 heavy (non-hydrogen) atoms. The molecule has 0 spiro atoms. The fraction of sp³-hybridized carbons (Fsp3) is 0.200. The van der Waals surface area contributed by atoms with Crippen molar-refractivity contribution < 1.29 is 0 Å². The van der Waals surface area contributed by atoms with Crippen molar-refractivity contribution in [2.45, 2.75) is 20.0 Å². The Morgan fingerprint density at radius 3 is 2.95 bits per heavy atom. The summed E-state index contributed by atoms with van der Waals surface area (Å²) in [5, 5.41) is 7.59. The van der Waals surface area contributed by atoms with Gasteiger partial charge in [0.2, 0.25) is 0 Å². The van der Waals surface area contributed by atoms with Crippen molar-refractivity contribution in [3.05, 3.63) is 62.8 Å². The molecule has 0 fully saturated rings. The molecule has 0 saturated heterocycles. The molecule has 0 amide bonds. The van der Waals surface area contributed by atoms with Crippen molar-refractivity contribution >= 4 is 33.0 Å². The molecule has 0 aliphatic heterocycles. The van der Waals surface area contributed by atoms with Crippen LogP contribution >= 0.6 is 27.3 Å². The van der Waals surface area contributed by atoms with Gasteiger partial charge in [-0.2, -0.15) is 5.10 Å². The quantitative estimate of drug-likeness (QED) is 0.743. The molecule has 0 bridgehead atoms. The van der Waals surface area contributed by atoms with Crippen LogP contribution < -0.4 is 5.32 Å². The lowest BCUT2D eigenvalue weighted by molar-refractivity contribution is 0.685. The van der Waals surface area contributed by atoms with Gasteiger partial charge in [0.25, 0.3) is 0 Å². The van der Waals surface area contributed by atoms with Crippen LogP contribution in [0.5, 0.6) is 0 Å². The molecule has 3 rings (SSSR count). The van der Waals surface area contributed by atoms with E-state index in [0.29, 0.717) is 0 Å². The van der Waals surface area contributed by atoms with Gasteiger partial charge >= 0.3 is 0 Å². The lowest BCUT2D eigenvalue weighted by atomic mass is 10.2. The molecule has 1 aromatic carbocycles. The van der Waals surface area contributed by atoms with Crippen molar-refractivity contribution in [1.82, 2.24) is 14.8 Å². The maximum Gasteiger partial charge on any atom is 0.137 e. The van der Waals surface area contributed by atoms with Gasteiger partial charge in [-0.1, -0.05) is 12.1 Å². The minimum atomic E-state index is 0.735. The number of rotatable bonds is 5. The largest absolute Gasteiger partial charge is 0.380 e. The summed E-state index contributed by atoms with van der Waals surface area (Å²) in [5.41, 5.74) is 2.32. The summed E-state index contributed by atoms with van der Waals surface area (Å²) in [7, 11) is 0. The van der Waals surface area contributed by atoms with E-state index in [1.165, 1.54) is 19.8 Å². The van der Waals surface area contributed by atoms with Crippen molar-refractivity contribution in [1.29, 1.82) is 0 Å². The summed E-state index contributed by atoms with van der Waals surface area (Å²) in [6.07, 6.45) is 3.28. The molecule has 0 aliphatic rings. The van der Waals surface area contributed by atoms with E-state index in [0.717, 1.165) is 18.8 Å². The third-order valence-corrected chi connectivity index (χ3v) is 5.25. The lowest BCUT2D eigenvalue weighted by Gasteiger charge is -2.07. The smallest absolute Gasteiger partial charge is 0.137 e. The first-order valence-electron chi connectivity index (χ1n) is 6.61. The van der Waals surface area contributed by atoms with Crippen LogP contribution in [0.1, 0.15) is 15.3 Å². The molecule has 0 radical (unpaired) electrons. The predicted octanol–water partition coefficient (Wildman–Crippen LogP) is 4.07. The minimum Gasteiger partial charge on any atom is -0.380 e. The summed E-state index contributed by atoms with van der Waals surface area (Å²) in [6.45, 7) is 3.69. The Kier molecular flexibility index (Phi) is 4.36. The number of nitrogens with zero attached hydrogens (tertiary/aromatic N) is 3. The van der Waals surface area contributed by atoms with Crippen LogP contribution in [0.15, 0.2) is 47.5 Å². The standard InChI is InChI=1S/C15H15BrN4S/c1-11-15(16)6-14(21-11)7-18-13-4-2-3-12(5-13)8-20-10-17-9-19-20/h2-6,9-10,18H,7-8H2,1H3. The van der Waals surface area contributed by atoms with Crippen LogP contribution in [-0.2, 0) is 13.1 Å². The predicted molar refractivity (Wildman–Crippen MR) is 89.6 cm³/mol. The molecule has 4 nitrogen and oxygen atoms in total. The topological polar surface area (TPSA) is 42.7 Å². The van der Waals surface area contributed by atoms with E-state index < -0.39 is 0 Å². The molecule has 3 aromatic rings. The van der Waals surface area contributed by atoms with Crippen LogP contribution in [0.2, 0.25) is 0 Å². The molecular weight excluding hydrogens is 348 g/mol. The van der Waals surface area contributed by atoms with Crippen LogP contribution in [-0.4, -0.2) is 14.8 Å². The van der Waals surface area contributed by atoms with Gasteiger partial charge in [-0.3, -0.25) is 0 Å². The number of aromatic nitrogens is 3. The zero-order valence-electron chi connectivity index (χ0n) is 11.6. The number of hydrogen-bond donors (Lipinski definition) is 1.